The number of halogens is 3. The molecule has 1 aliphatic heterocycles. The second-order valence-corrected chi connectivity index (χ2v) is 10.7. The van der Waals surface area contributed by atoms with E-state index in [4.69, 9.17) is 16.3 Å². The Hall–Kier alpha value is 1.17. The van der Waals surface area contributed by atoms with E-state index in [9.17, 15) is 5.11 Å². The SMILES string of the molecule is CC1(Cl)CC[C@@]2(CC1Br)C(C)(C)[C@H](Br)[C@@H](O)C1O[C@@]12C. The number of ether oxygens (including phenoxy) is 1. The van der Waals surface area contributed by atoms with Gasteiger partial charge in [0, 0.05) is 15.1 Å². The number of hydrogen-bond donors (Lipinski definition) is 1. The molecule has 2 saturated carbocycles. The Bertz CT molecular complexity index is 442. The van der Waals surface area contributed by atoms with Gasteiger partial charge < -0.3 is 9.84 Å². The van der Waals surface area contributed by atoms with Crippen molar-refractivity contribution in [1.82, 2.24) is 0 Å². The summed E-state index contributed by atoms with van der Waals surface area (Å²) in [5, 5.41) is 10.5. The molecule has 3 aliphatic rings. The molecule has 1 spiro atoms. The molecule has 1 saturated heterocycles. The number of rotatable bonds is 0. The fraction of sp³-hybridized carbons (Fsp3) is 1.00. The van der Waals surface area contributed by atoms with Crippen LogP contribution in [0.5, 0.6) is 0 Å². The molecular formula is C15H23Br2ClO2. The quantitative estimate of drug-likeness (QED) is 0.461. The van der Waals surface area contributed by atoms with Gasteiger partial charge in [0.1, 0.15) is 11.7 Å². The predicted octanol–water partition coefficient (Wildman–Crippen LogP) is 4.24. The van der Waals surface area contributed by atoms with Gasteiger partial charge in [0.2, 0.25) is 0 Å². The smallest absolute Gasteiger partial charge is 0.115 e. The predicted molar refractivity (Wildman–Crippen MR) is 89.0 cm³/mol. The zero-order valence-corrected chi connectivity index (χ0v) is 16.3. The molecule has 1 N–H and O–H groups in total. The molecule has 20 heavy (non-hydrogen) atoms. The molecule has 0 bridgehead atoms. The molecule has 1 heterocycles. The Morgan fingerprint density at radius 2 is 1.75 bits per heavy atom. The van der Waals surface area contributed by atoms with Gasteiger partial charge in [0.05, 0.1) is 11.0 Å². The molecule has 0 aromatic carbocycles. The van der Waals surface area contributed by atoms with E-state index >= 15 is 0 Å². The first-order chi connectivity index (χ1) is 9.00. The molecule has 3 unspecified atom stereocenters. The van der Waals surface area contributed by atoms with E-state index in [1.807, 2.05) is 0 Å². The highest BCUT2D eigenvalue weighted by molar-refractivity contribution is 9.09. The van der Waals surface area contributed by atoms with Crippen LogP contribution in [-0.2, 0) is 4.74 Å². The average Bonchev–Trinajstić information content (AvgIpc) is 3.03. The summed E-state index contributed by atoms with van der Waals surface area (Å²) in [7, 11) is 0. The van der Waals surface area contributed by atoms with Crippen LogP contribution in [0.15, 0.2) is 0 Å². The number of epoxide rings is 1. The van der Waals surface area contributed by atoms with Crippen molar-refractivity contribution in [2.75, 3.05) is 0 Å². The lowest BCUT2D eigenvalue weighted by molar-refractivity contribution is -0.0770. The number of aliphatic hydroxyl groups is 1. The lowest BCUT2D eigenvalue weighted by Gasteiger charge is -2.60. The maximum Gasteiger partial charge on any atom is 0.115 e. The van der Waals surface area contributed by atoms with Gasteiger partial charge in [0.15, 0.2) is 0 Å². The van der Waals surface area contributed by atoms with E-state index in [0.29, 0.717) is 0 Å². The average molecular weight is 431 g/mol. The summed E-state index contributed by atoms with van der Waals surface area (Å²) >= 11 is 14.2. The van der Waals surface area contributed by atoms with Crippen molar-refractivity contribution in [1.29, 1.82) is 0 Å². The largest absolute Gasteiger partial charge is 0.389 e. The van der Waals surface area contributed by atoms with Crippen LogP contribution in [0.25, 0.3) is 0 Å². The van der Waals surface area contributed by atoms with Gasteiger partial charge in [-0.3, -0.25) is 0 Å². The summed E-state index contributed by atoms with van der Waals surface area (Å²) in [6.07, 6.45) is 2.53. The summed E-state index contributed by atoms with van der Waals surface area (Å²) < 4.78 is 6.05. The Balaban J connectivity index is 2.03. The fourth-order valence-corrected chi connectivity index (χ4v) is 6.43. The van der Waals surface area contributed by atoms with Crippen molar-refractivity contribution >= 4 is 43.5 Å². The van der Waals surface area contributed by atoms with Gasteiger partial charge in [-0.15, -0.1) is 11.6 Å². The van der Waals surface area contributed by atoms with Gasteiger partial charge in [0.25, 0.3) is 0 Å². The van der Waals surface area contributed by atoms with E-state index in [0.717, 1.165) is 19.3 Å². The first-order valence-corrected chi connectivity index (χ1v) is 9.53. The maximum absolute atomic E-state index is 10.5. The lowest BCUT2D eigenvalue weighted by atomic mass is 9.47. The van der Waals surface area contributed by atoms with Gasteiger partial charge in [-0.2, -0.15) is 0 Å². The molecular weight excluding hydrogens is 407 g/mol. The third-order valence-corrected chi connectivity index (χ3v) is 10.3. The zero-order valence-electron chi connectivity index (χ0n) is 12.4. The van der Waals surface area contributed by atoms with Crippen LogP contribution in [-0.4, -0.2) is 37.4 Å². The summed E-state index contributed by atoms with van der Waals surface area (Å²) in [6, 6.07) is 0. The summed E-state index contributed by atoms with van der Waals surface area (Å²) in [5.41, 5.74) is -0.228. The van der Waals surface area contributed by atoms with Crippen LogP contribution in [0.2, 0.25) is 0 Å². The fourth-order valence-electron chi connectivity index (χ4n) is 4.77. The molecule has 2 nitrogen and oxygen atoms in total. The van der Waals surface area contributed by atoms with Crippen LogP contribution >= 0.6 is 43.5 Å². The van der Waals surface area contributed by atoms with Crippen molar-refractivity contribution in [2.45, 2.75) is 79.3 Å². The van der Waals surface area contributed by atoms with Crippen molar-refractivity contribution in [3.8, 4) is 0 Å². The third kappa shape index (κ3) is 1.75. The third-order valence-electron chi connectivity index (χ3n) is 6.56. The zero-order chi connectivity index (χ0) is 15.1. The minimum atomic E-state index is -0.432. The van der Waals surface area contributed by atoms with Gasteiger partial charge in [-0.1, -0.05) is 45.7 Å². The van der Waals surface area contributed by atoms with Gasteiger partial charge in [-0.25, -0.2) is 0 Å². The molecule has 3 fully saturated rings. The van der Waals surface area contributed by atoms with Gasteiger partial charge >= 0.3 is 0 Å². The second-order valence-electron chi connectivity index (χ2n) is 7.79. The monoisotopic (exact) mass is 428 g/mol. The van der Waals surface area contributed by atoms with Crippen LogP contribution in [0, 0.1) is 10.8 Å². The number of alkyl halides is 3. The van der Waals surface area contributed by atoms with Gasteiger partial charge in [-0.05, 0) is 38.5 Å². The molecule has 0 amide bonds. The van der Waals surface area contributed by atoms with E-state index < -0.39 is 6.10 Å². The molecule has 5 heteroatoms. The molecule has 0 radical (unpaired) electrons. The van der Waals surface area contributed by atoms with Crippen LogP contribution in [0.4, 0.5) is 0 Å². The van der Waals surface area contributed by atoms with Crippen LogP contribution < -0.4 is 0 Å². The normalized spacial score (nSPS) is 61.2. The van der Waals surface area contributed by atoms with E-state index in [2.05, 4.69) is 59.6 Å². The Morgan fingerprint density at radius 1 is 1.15 bits per heavy atom. The first-order valence-electron chi connectivity index (χ1n) is 7.33. The minimum Gasteiger partial charge on any atom is -0.389 e. The lowest BCUT2D eigenvalue weighted by Crippen LogP contribution is -2.64. The highest BCUT2D eigenvalue weighted by Crippen LogP contribution is 2.72. The van der Waals surface area contributed by atoms with E-state index in [1.165, 1.54) is 0 Å². The Morgan fingerprint density at radius 3 is 2.30 bits per heavy atom. The maximum atomic E-state index is 10.5. The summed E-state index contributed by atoms with van der Waals surface area (Å²) in [5.74, 6) is 0. The van der Waals surface area contributed by atoms with Crippen LogP contribution in [0.1, 0.15) is 47.0 Å². The van der Waals surface area contributed by atoms with E-state index in [-0.39, 0.29) is 37.1 Å². The molecule has 0 aromatic rings. The van der Waals surface area contributed by atoms with Crippen molar-refractivity contribution in [2.24, 2.45) is 10.8 Å². The standard InChI is InChI=1S/C15H23Br2ClO2/c1-12(2)10(17)9(19)11-14(4,20-11)15(12)6-5-13(3,18)8(16)7-15/h8-11,19H,5-7H2,1-4H3/t8?,9-,10-,11?,13?,14+,15-/m1/s1. The topological polar surface area (TPSA) is 32.8 Å². The molecule has 116 valence electrons. The molecule has 3 rings (SSSR count). The van der Waals surface area contributed by atoms with Crippen molar-refractivity contribution in [3.63, 3.8) is 0 Å². The van der Waals surface area contributed by atoms with Crippen LogP contribution in [0.3, 0.4) is 0 Å². The number of aliphatic hydroxyl groups excluding tert-OH is 1. The van der Waals surface area contributed by atoms with E-state index in [1.54, 1.807) is 0 Å². The molecule has 2 aliphatic carbocycles. The summed E-state index contributed by atoms with van der Waals surface area (Å²) in [6.45, 7) is 8.81. The highest BCUT2D eigenvalue weighted by Gasteiger charge is 2.78. The Kier molecular flexibility index (Phi) is 3.51. The molecule has 7 atom stereocenters. The van der Waals surface area contributed by atoms with Crippen molar-refractivity contribution in [3.05, 3.63) is 0 Å². The van der Waals surface area contributed by atoms with Crippen molar-refractivity contribution < 1.29 is 9.84 Å². The molecule has 0 aromatic heterocycles. The minimum absolute atomic E-state index is 0.0423. The number of hydrogen-bond acceptors (Lipinski definition) is 2. The Labute approximate surface area is 143 Å². The summed E-state index contributed by atoms with van der Waals surface area (Å²) in [4.78, 5) is 0.121. The second kappa shape index (κ2) is 4.37. The first kappa shape index (κ1) is 16.0. The highest BCUT2D eigenvalue weighted by atomic mass is 79.9. The number of fused-ring (bicyclic) bond motifs is 2.